The average molecular weight is 291 g/mol. The van der Waals surface area contributed by atoms with E-state index in [-0.39, 0.29) is 0 Å². The second-order valence-corrected chi connectivity index (χ2v) is 6.23. The van der Waals surface area contributed by atoms with Gasteiger partial charge in [0, 0.05) is 12.2 Å². The fourth-order valence-corrected chi connectivity index (χ4v) is 3.60. The first kappa shape index (κ1) is 12.7. The van der Waals surface area contributed by atoms with Gasteiger partial charge in [0.25, 0.3) is 0 Å². The highest BCUT2D eigenvalue weighted by Crippen LogP contribution is 2.35. The van der Waals surface area contributed by atoms with E-state index in [1.165, 1.54) is 5.56 Å². The highest BCUT2D eigenvalue weighted by molar-refractivity contribution is 8.38. The molecule has 1 aliphatic rings. The summed E-state index contributed by atoms with van der Waals surface area (Å²) < 4.78 is 6.23. The lowest BCUT2D eigenvalue weighted by molar-refractivity contribution is 0.385. The number of benzene rings is 1. The normalized spacial score (nSPS) is 14.1. The molecule has 1 aliphatic heterocycles. The molecule has 0 amide bonds. The van der Waals surface area contributed by atoms with E-state index in [1.54, 1.807) is 23.5 Å². The van der Waals surface area contributed by atoms with Gasteiger partial charge in [-0.1, -0.05) is 53.8 Å². The third-order valence-electron chi connectivity index (χ3n) is 2.70. The standard InChI is InChI=1S/C13H13N3OS2/c1-2-11-15-12(17-16-11)8-19-13-14-10-6-4-3-5-9(10)7-18-13/h3-6H,2,7-8H2,1H3. The molecular formula is C13H13N3OS2. The van der Waals surface area contributed by atoms with E-state index in [0.717, 1.165) is 28.1 Å². The molecule has 2 heterocycles. The van der Waals surface area contributed by atoms with Gasteiger partial charge in [-0.25, -0.2) is 4.99 Å². The van der Waals surface area contributed by atoms with E-state index in [2.05, 4.69) is 33.3 Å². The number of aryl methyl sites for hydroxylation is 1. The minimum atomic E-state index is 0.670. The first-order chi connectivity index (χ1) is 9.35. The van der Waals surface area contributed by atoms with Gasteiger partial charge < -0.3 is 4.52 Å². The van der Waals surface area contributed by atoms with Gasteiger partial charge in [-0.2, -0.15) is 4.98 Å². The molecule has 0 unspecified atom stereocenters. The summed E-state index contributed by atoms with van der Waals surface area (Å²) in [6.45, 7) is 2.01. The zero-order valence-electron chi connectivity index (χ0n) is 10.5. The number of hydrogen-bond acceptors (Lipinski definition) is 6. The van der Waals surface area contributed by atoms with Gasteiger partial charge >= 0.3 is 0 Å². The van der Waals surface area contributed by atoms with Crippen LogP contribution in [-0.2, 0) is 17.9 Å². The summed E-state index contributed by atoms with van der Waals surface area (Å²) in [5, 5.41) is 3.89. The smallest absolute Gasteiger partial charge is 0.237 e. The Bertz CT molecular complexity index is 609. The average Bonchev–Trinajstić information content (AvgIpc) is 2.93. The van der Waals surface area contributed by atoms with E-state index in [0.29, 0.717) is 11.6 Å². The molecule has 0 bridgehead atoms. The van der Waals surface area contributed by atoms with E-state index >= 15 is 0 Å². The maximum absolute atomic E-state index is 5.17. The quantitative estimate of drug-likeness (QED) is 0.861. The van der Waals surface area contributed by atoms with Crippen LogP contribution in [-0.4, -0.2) is 14.5 Å². The van der Waals surface area contributed by atoms with Gasteiger partial charge in [0.1, 0.15) is 4.38 Å². The molecule has 0 N–H and O–H groups in total. The SMILES string of the molecule is CCc1noc(CSC2=Nc3ccccc3CS2)n1. The van der Waals surface area contributed by atoms with Crippen molar-refractivity contribution in [1.82, 2.24) is 10.1 Å². The molecule has 19 heavy (non-hydrogen) atoms. The highest BCUT2D eigenvalue weighted by Gasteiger charge is 2.14. The third-order valence-corrected chi connectivity index (χ3v) is 4.93. The number of para-hydroxylation sites is 1. The Labute approximate surface area is 120 Å². The Kier molecular flexibility index (Phi) is 3.89. The van der Waals surface area contributed by atoms with E-state index in [4.69, 9.17) is 4.52 Å². The van der Waals surface area contributed by atoms with Crippen molar-refractivity contribution >= 4 is 33.6 Å². The fraction of sp³-hybridized carbons (Fsp3) is 0.308. The van der Waals surface area contributed by atoms with Crippen LogP contribution in [0.15, 0.2) is 33.8 Å². The Morgan fingerprint density at radius 3 is 3.11 bits per heavy atom. The summed E-state index contributed by atoms with van der Waals surface area (Å²) in [5.74, 6) is 3.09. The van der Waals surface area contributed by atoms with E-state index < -0.39 is 0 Å². The summed E-state index contributed by atoms with van der Waals surface area (Å²) in [4.78, 5) is 8.93. The summed E-state index contributed by atoms with van der Waals surface area (Å²) in [6, 6.07) is 8.25. The number of thioether (sulfide) groups is 2. The molecule has 0 fully saturated rings. The first-order valence-electron chi connectivity index (χ1n) is 6.09. The maximum atomic E-state index is 5.17. The Hall–Kier alpha value is -1.27. The molecule has 1 aromatic carbocycles. The molecular weight excluding hydrogens is 278 g/mol. The lowest BCUT2D eigenvalue weighted by Gasteiger charge is -2.13. The second-order valence-electron chi connectivity index (χ2n) is 4.04. The van der Waals surface area contributed by atoms with Crippen LogP contribution in [0.1, 0.15) is 24.2 Å². The lowest BCUT2D eigenvalue weighted by atomic mass is 10.2. The van der Waals surface area contributed by atoms with Crippen molar-refractivity contribution in [3.63, 3.8) is 0 Å². The number of nitrogens with zero attached hydrogens (tertiary/aromatic N) is 3. The van der Waals surface area contributed by atoms with Gasteiger partial charge in [0.15, 0.2) is 5.82 Å². The monoisotopic (exact) mass is 291 g/mol. The third kappa shape index (κ3) is 3.01. The molecule has 0 radical (unpaired) electrons. The van der Waals surface area contributed by atoms with Crippen molar-refractivity contribution in [3.8, 4) is 0 Å². The van der Waals surface area contributed by atoms with Crippen molar-refractivity contribution in [3.05, 3.63) is 41.5 Å². The van der Waals surface area contributed by atoms with Crippen LogP contribution >= 0.6 is 23.5 Å². The van der Waals surface area contributed by atoms with Crippen LogP contribution in [0, 0.1) is 0 Å². The van der Waals surface area contributed by atoms with Crippen molar-refractivity contribution in [2.75, 3.05) is 0 Å². The van der Waals surface area contributed by atoms with Gasteiger partial charge in [-0.15, -0.1) is 0 Å². The summed E-state index contributed by atoms with van der Waals surface area (Å²) in [6.07, 6.45) is 0.803. The number of hydrogen-bond donors (Lipinski definition) is 0. The minimum Gasteiger partial charge on any atom is -0.338 e. The largest absolute Gasteiger partial charge is 0.338 e. The van der Waals surface area contributed by atoms with Crippen molar-refractivity contribution in [1.29, 1.82) is 0 Å². The van der Waals surface area contributed by atoms with Crippen LogP contribution < -0.4 is 0 Å². The molecule has 0 spiro atoms. The number of aromatic nitrogens is 2. The molecule has 0 aliphatic carbocycles. The van der Waals surface area contributed by atoms with Crippen LogP contribution in [0.25, 0.3) is 0 Å². The zero-order chi connectivity index (χ0) is 13.1. The van der Waals surface area contributed by atoms with Crippen LogP contribution in [0.2, 0.25) is 0 Å². The molecule has 3 rings (SSSR count). The van der Waals surface area contributed by atoms with Crippen molar-refractivity contribution in [2.45, 2.75) is 24.9 Å². The van der Waals surface area contributed by atoms with Crippen LogP contribution in [0.3, 0.4) is 0 Å². The predicted molar refractivity (Wildman–Crippen MR) is 79.8 cm³/mol. The fourth-order valence-electron chi connectivity index (χ4n) is 1.70. The Balaban J connectivity index is 1.66. The Morgan fingerprint density at radius 2 is 2.26 bits per heavy atom. The molecule has 2 aromatic rings. The number of rotatable bonds is 3. The predicted octanol–water partition coefficient (Wildman–Crippen LogP) is 3.80. The van der Waals surface area contributed by atoms with Gasteiger partial charge in [-0.3, -0.25) is 0 Å². The molecule has 6 heteroatoms. The van der Waals surface area contributed by atoms with Crippen molar-refractivity contribution in [2.24, 2.45) is 4.99 Å². The van der Waals surface area contributed by atoms with Gasteiger partial charge in [0.05, 0.1) is 11.4 Å². The zero-order valence-corrected chi connectivity index (χ0v) is 12.1. The van der Waals surface area contributed by atoms with Gasteiger partial charge in [0.2, 0.25) is 5.89 Å². The Morgan fingerprint density at radius 1 is 1.37 bits per heavy atom. The molecule has 98 valence electrons. The summed E-state index contributed by atoms with van der Waals surface area (Å²) in [7, 11) is 0. The topological polar surface area (TPSA) is 51.3 Å². The second kappa shape index (κ2) is 5.79. The van der Waals surface area contributed by atoms with Crippen LogP contribution in [0.4, 0.5) is 5.69 Å². The molecule has 0 atom stereocenters. The number of aliphatic imine (C=N–C) groups is 1. The molecule has 1 aromatic heterocycles. The summed E-state index contributed by atoms with van der Waals surface area (Å²) in [5.41, 5.74) is 2.37. The number of fused-ring (bicyclic) bond motifs is 1. The highest BCUT2D eigenvalue weighted by atomic mass is 32.2. The summed E-state index contributed by atoms with van der Waals surface area (Å²) >= 11 is 3.42. The van der Waals surface area contributed by atoms with E-state index in [9.17, 15) is 0 Å². The first-order valence-corrected chi connectivity index (χ1v) is 8.06. The molecule has 0 saturated heterocycles. The van der Waals surface area contributed by atoms with Crippen LogP contribution in [0.5, 0.6) is 0 Å². The van der Waals surface area contributed by atoms with Crippen molar-refractivity contribution < 1.29 is 4.52 Å². The molecule has 0 saturated carbocycles. The molecule has 4 nitrogen and oxygen atoms in total. The maximum Gasteiger partial charge on any atom is 0.237 e. The lowest BCUT2D eigenvalue weighted by Crippen LogP contribution is -1.96. The minimum absolute atomic E-state index is 0.670. The van der Waals surface area contributed by atoms with E-state index in [1.807, 2.05) is 13.0 Å². The van der Waals surface area contributed by atoms with Gasteiger partial charge in [-0.05, 0) is 11.6 Å².